The summed E-state index contributed by atoms with van der Waals surface area (Å²) >= 11 is 0. The Balaban J connectivity index is 2.79. The van der Waals surface area contributed by atoms with E-state index in [1.807, 2.05) is 0 Å². The van der Waals surface area contributed by atoms with Gasteiger partial charge in [-0.2, -0.15) is 13.2 Å². The van der Waals surface area contributed by atoms with Crippen LogP contribution in [-0.2, 0) is 9.53 Å². The van der Waals surface area contributed by atoms with Crippen molar-refractivity contribution in [1.82, 2.24) is 0 Å². The summed E-state index contributed by atoms with van der Waals surface area (Å²) < 4.78 is 42.1. The molecule has 0 aromatic carbocycles. The number of esters is 1. The Kier molecular flexibility index (Phi) is 4.69. The highest BCUT2D eigenvalue weighted by Gasteiger charge is 2.32. The summed E-state index contributed by atoms with van der Waals surface area (Å²) in [4.78, 5) is 14.0. The number of ether oxygens (including phenoxy) is 1. The molecule has 1 rings (SSSR count). The van der Waals surface area contributed by atoms with Crippen LogP contribution in [0.25, 0.3) is 0 Å². The van der Waals surface area contributed by atoms with Gasteiger partial charge in [0.15, 0.2) is 0 Å². The fourth-order valence-corrected chi connectivity index (χ4v) is 1.58. The van der Waals surface area contributed by atoms with Crippen LogP contribution in [0.1, 0.15) is 26.2 Å². The van der Waals surface area contributed by atoms with Crippen molar-refractivity contribution in [3.63, 3.8) is 0 Å². The zero-order valence-corrected chi connectivity index (χ0v) is 9.96. The van der Waals surface area contributed by atoms with E-state index in [4.69, 9.17) is 4.74 Å². The lowest BCUT2D eigenvalue weighted by Crippen LogP contribution is -2.24. The molecular weight excluding hydrogens is 247 g/mol. The molecule has 1 heterocycles. The number of carbonyl (C=O) groups excluding carboxylic acids is 1. The van der Waals surface area contributed by atoms with Crippen molar-refractivity contribution in [3.05, 3.63) is 23.4 Å². The second-order valence-corrected chi connectivity index (χ2v) is 3.99. The number of nitrogens with zero attached hydrogens (tertiary/aromatic N) is 1. The van der Waals surface area contributed by atoms with Crippen LogP contribution in [0.4, 0.5) is 13.2 Å². The molecular formula is C12H14F3NO2. The summed E-state index contributed by atoms with van der Waals surface area (Å²) in [6.07, 6.45) is -1.19. The fourth-order valence-electron chi connectivity index (χ4n) is 1.58. The van der Waals surface area contributed by atoms with E-state index in [0.717, 1.165) is 6.08 Å². The Morgan fingerprint density at radius 1 is 1.50 bits per heavy atom. The third-order valence-corrected chi connectivity index (χ3v) is 2.59. The topological polar surface area (TPSA) is 38.7 Å². The van der Waals surface area contributed by atoms with E-state index in [9.17, 15) is 18.0 Å². The van der Waals surface area contributed by atoms with Crippen molar-refractivity contribution in [2.45, 2.75) is 38.5 Å². The first-order valence-corrected chi connectivity index (χ1v) is 5.46. The predicted molar refractivity (Wildman–Crippen MR) is 61.2 cm³/mol. The van der Waals surface area contributed by atoms with E-state index in [1.165, 1.54) is 6.08 Å². The third-order valence-electron chi connectivity index (χ3n) is 2.59. The quantitative estimate of drug-likeness (QED) is 0.444. The van der Waals surface area contributed by atoms with Gasteiger partial charge in [0.25, 0.3) is 0 Å². The van der Waals surface area contributed by atoms with Crippen molar-refractivity contribution in [2.24, 2.45) is 4.99 Å². The predicted octanol–water partition coefficient (Wildman–Crippen LogP) is 3.18. The third kappa shape index (κ3) is 4.01. The van der Waals surface area contributed by atoms with E-state index in [2.05, 4.69) is 11.7 Å². The molecule has 1 aliphatic heterocycles. The van der Waals surface area contributed by atoms with Gasteiger partial charge in [-0.05, 0) is 38.1 Å². The average molecular weight is 261 g/mol. The Bertz CT molecular complexity index is 397. The molecule has 18 heavy (non-hydrogen) atoms. The number of cyclic esters (lactones) is 1. The lowest BCUT2D eigenvalue weighted by atomic mass is 10.0. The first-order chi connectivity index (χ1) is 8.34. The van der Waals surface area contributed by atoms with Gasteiger partial charge in [-0.3, -0.25) is 9.79 Å². The van der Waals surface area contributed by atoms with Gasteiger partial charge in [0, 0.05) is 6.42 Å². The van der Waals surface area contributed by atoms with E-state index in [1.54, 1.807) is 6.92 Å². The molecule has 1 saturated heterocycles. The van der Waals surface area contributed by atoms with Crippen molar-refractivity contribution < 1.29 is 22.7 Å². The Morgan fingerprint density at radius 3 is 2.67 bits per heavy atom. The molecule has 0 aromatic heterocycles. The molecule has 1 unspecified atom stereocenters. The van der Waals surface area contributed by atoms with Gasteiger partial charge in [0.2, 0.25) is 0 Å². The van der Waals surface area contributed by atoms with Crippen LogP contribution in [-0.4, -0.2) is 25.0 Å². The van der Waals surface area contributed by atoms with Crippen molar-refractivity contribution >= 4 is 12.7 Å². The molecule has 100 valence electrons. The Hall–Kier alpha value is -1.59. The minimum absolute atomic E-state index is 0.319. The second kappa shape index (κ2) is 5.84. The molecule has 1 atom stereocenters. The van der Waals surface area contributed by atoms with Crippen LogP contribution in [0.3, 0.4) is 0 Å². The number of hydrogen-bond donors (Lipinski definition) is 0. The molecule has 0 bridgehead atoms. The largest absolute Gasteiger partial charge is 0.458 e. The van der Waals surface area contributed by atoms with Crippen LogP contribution in [0, 0.1) is 0 Å². The summed E-state index contributed by atoms with van der Waals surface area (Å²) in [6.45, 7) is 4.50. The van der Waals surface area contributed by atoms with Crippen LogP contribution in [0.2, 0.25) is 0 Å². The van der Waals surface area contributed by atoms with E-state index >= 15 is 0 Å². The van der Waals surface area contributed by atoms with Crippen LogP contribution < -0.4 is 0 Å². The highest BCUT2D eigenvalue weighted by atomic mass is 19.4. The monoisotopic (exact) mass is 261 g/mol. The standard InChI is InChI=1S/C12H14F3NO2/c1-8(9-4-3-5-11(17)18-9)6-7-10(16-2)12(13,14)15/h6-7,9H,2-5H2,1H3/b8-6+,10-7-. The molecule has 0 N–H and O–H groups in total. The fraction of sp³-hybridized carbons (Fsp3) is 0.500. The molecule has 1 aliphatic rings. The van der Waals surface area contributed by atoms with Gasteiger partial charge in [0.1, 0.15) is 11.8 Å². The van der Waals surface area contributed by atoms with E-state index in [0.29, 0.717) is 24.8 Å². The summed E-state index contributed by atoms with van der Waals surface area (Å²) in [5.41, 5.74) is -0.502. The lowest BCUT2D eigenvalue weighted by Gasteiger charge is -2.22. The molecule has 0 aromatic rings. The minimum Gasteiger partial charge on any atom is -0.458 e. The van der Waals surface area contributed by atoms with Gasteiger partial charge in [-0.1, -0.05) is 6.08 Å². The molecule has 0 radical (unpaired) electrons. The van der Waals surface area contributed by atoms with Crippen molar-refractivity contribution in [3.8, 4) is 0 Å². The molecule has 0 amide bonds. The first kappa shape index (κ1) is 14.5. The number of alkyl halides is 3. The summed E-state index contributed by atoms with van der Waals surface area (Å²) in [5, 5.41) is 0. The second-order valence-electron chi connectivity index (χ2n) is 3.99. The van der Waals surface area contributed by atoms with E-state index < -0.39 is 18.0 Å². The van der Waals surface area contributed by atoms with Crippen LogP contribution >= 0.6 is 0 Å². The van der Waals surface area contributed by atoms with Crippen LogP contribution in [0.15, 0.2) is 28.4 Å². The molecule has 6 heteroatoms. The van der Waals surface area contributed by atoms with Crippen LogP contribution in [0.5, 0.6) is 0 Å². The summed E-state index contributed by atoms with van der Waals surface area (Å²) in [6, 6.07) is 0. The summed E-state index contributed by atoms with van der Waals surface area (Å²) in [7, 11) is 0. The SMILES string of the molecule is C=N/C(=C\C=C(/C)C1CCCC(=O)O1)C(F)(F)F. The zero-order chi connectivity index (χ0) is 13.8. The van der Waals surface area contributed by atoms with Gasteiger partial charge < -0.3 is 4.74 Å². The Labute approximate surface area is 103 Å². The number of carbonyl (C=O) groups is 1. The molecule has 0 spiro atoms. The maximum atomic E-state index is 12.4. The highest BCUT2D eigenvalue weighted by Crippen LogP contribution is 2.27. The molecule has 3 nitrogen and oxygen atoms in total. The maximum Gasteiger partial charge on any atom is 0.433 e. The number of rotatable bonds is 3. The van der Waals surface area contributed by atoms with Gasteiger partial charge in [-0.25, -0.2) is 0 Å². The zero-order valence-electron chi connectivity index (χ0n) is 9.96. The van der Waals surface area contributed by atoms with Gasteiger partial charge in [0.05, 0.1) is 0 Å². The van der Waals surface area contributed by atoms with E-state index in [-0.39, 0.29) is 5.97 Å². The number of allylic oxidation sites excluding steroid dienone is 3. The Morgan fingerprint density at radius 2 is 2.17 bits per heavy atom. The highest BCUT2D eigenvalue weighted by molar-refractivity contribution is 5.70. The van der Waals surface area contributed by atoms with Gasteiger partial charge >= 0.3 is 12.1 Å². The smallest absolute Gasteiger partial charge is 0.433 e. The van der Waals surface area contributed by atoms with Gasteiger partial charge in [-0.15, -0.1) is 0 Å². The molecule has 0 saturated carbocycles. The molecule has 1 fully saturated rings. The first-order valence-electron chi connectivity index (χ1n) is 5.46. The minimum atomic E-state index is -4.53. The number of aliphatic imine (C=N–C) groups is 1. The number of hydrogen-bond acceptors (Lipinski definition) is 3. The van der Waals surface area contributed by atoms with Crippen molar-refractivity contribution in [1.29, 1.82) is 0 Å². The summed E-state index contributed by atoms with van der Waals surface area (Å²) in [5.74, 6) is -0.319. The van der Waals surface area contributed by atoms with Crippen molar-refractivity contribution in [2.75, 3.05) is 0 Å². The molecule has 0 aliphatic carbocycles. The average Bonchev–Trinajstić information content (AvgIpc) is 2.27. The lowest BCUT2D eigenvalue weighted by molar-refractivity contribution is -0.151. The number of halogens is 3. The maximum absolute atomic E-state index is 12.4. The normalized spacial score (nSPS) is 22.7.